The van der Waals surface area contributed by atoms with Gasteiger partial charge in [0.25, 0.3) is 0 Å². The maximum atomic E-state index is 12.3. The van der Waals surface area contributed by atoms with Crippen molar-refractivity contribution < 1.29 is 9.53 Å². The van der Waals surface area contributed by atoms with E-state index >= 15 is 0 Å². The second-order valence-corrected chi connectivity index (χ2v) is 7.54. The van der Waals surface area contributed by atoms with Crippen LogP contribution in [0.25, 0.3) is 0 Å². The Balaban J connectivity index is 1.97. The second-order valence-electron chi connectivity index (χ2n) is 7.54. The number of hydrogen-bond donors (Lipinski definition) is 0. The summed E-state index contributed by atoms with van der Waals surface area (Å²) in [6.07, 6.45) is 4.83. The Morgan fingerprint density at radius 2 is 2.06 bits per heavy atom. The SMILES string of the molecule is CC(C)[C@H]1C[C@H]2[C@@H](C)CC[C@@H]3C(=O)OC1C[C@@]32C. The van der Waals surface area contributed by atoms with Crippen LogP contribution in [0.1, 0.15) is 53.4 Å². The fraction of sp³-hybridized carbons (Fsp3) is 0.938. The molecule has 6 atom stereocenters. The number of rotatable bonds is 1. The summed E-state index contributed by atoms with van der Waals surface area (Å²) in [5.41, 5.74) is 0.225. The average Bonchev–Trinajstić information content (AvgIpc) is 2.26. The van der Waals surface area contributed by atoms with Crippen molar-refractivity contribution in [1.82, 2.24) is 0 Å². The molecule has 3 aliphatic rings. The summed E-state index contributed by atoms with van der Waals surface area (Å²) in [4.78, 5) is 12.3. The van der Waals surface area contributed by atoms with Gasteiger partial charge in [0, 0.05) is 0 Å². The molecule has 0 radical (unpaired) electrons. The van der Waals surface area contributed by atoms with Crippen molar-refractivity contribution in [1.29, 1.82) is 0 Å². The molecule has 0 aromatic carbocycles. The highest BCUT2D eigenvalue weighted by Crippen LogP contribution is 2.60. The van der Waals surface area contributed by atoms with Crippen LogP contribution in [-0.2, 0) is 9.53 Å². The Hall–Kier alpha value is -0.530. The number of carbonyl (C=O) groups excluding carboxylic acids is 1. The molecule has 2 saturated carbocycles. The van der Waals surface area contributed by atoms with Crippen molar-refractivity contribution >= 4 is 5.97 Å². The van der Waals surface area contributed by atoms with Gasteiger partial charge in [-0.3, -0.25) is 4.79 Å². The van der Waals surface area contributed by atoms with E-state index in [1.165, 1.54) is 12.8 Å². The Morgan fingerprint density at radius 3 is 2.72 bits per heavy atom. The van der Waals surface area contributed by atoms with Crippen molar-refractivity contribution in [3.63, 3.8) is 0 Å². The second kappa shape index (κ2) is 3.98. The monoisotopic (exact) mass is 250 g/mol. The van der Waals surface area contributed by atoms with E-state index in [1.54, 1.807) is 0 Å². The normalized spacial score (nSPS) is 51.2. The lowest BCUT2D eigenvalue weighted by molar-refractivity contribution is -0.208. The largest absolute Gasteiger partial charge is 0.462 e. The quantitative estimate of drug-likeness (QED) is 0.664. The Morgan fingerprint density at radius 1 is 1.33 bits per heavy atom. The highest BCUT2D eigenvalue weighted by molar-refractivity contribution is 5.75. The standard InChI is InChI=1S/C16H26O2/c1-9(2)11-7-13-10(3)5-6-12-15(17)18-14(11)8-16(12,13)4/h9-14H,5-8H2,1-4H3/t10-,11+,12+,13-,14?,16-/m0/s1. The van der Waals surface area contributed by atoms with E-state index in [9.17, 15) is 4.79 Å². The number of ether oxygens (including phenoxy) is 1. The molecule has 2 heteroatoms. The predicted molar refractivity (Wildman–Crippen MR) is 70.9 cm³/mol. The smallest absolute Gasteiger partial charge is 0.309 e. The average molecular weight is 250 g/mol. The molecule has 0 aromatic heterocycles. The van der Waals surface area contributed by atoms with Gasteiger partial charge in [0.05, 0.1) is 5.92 Å². The molecule has 0 amide bonds. The molecule has 0 spiro atoms. The van der Waals surface area contributed by atoms with Crippen molar-refractivity contribution in [3.05, 3.63) is 0 Å². The van der Waals surface area contributed by atoms with Gasteiger partial charge in [0.2, 0.25) is 0 Å². The van der Waals surface area contributed by atoms with E-state index in [0.29, 0.717) is 11.8 Å². The topological polar surface area (TPSA) is 26.3 Å². The van der Waals surface area contributed by atoms with Crippen LogP contribution in [-0.4, -0.2) is 12.1 Å². The van der Waals surface area contributed by atoms with Crippen LogP contribution in [0.2, 0.25) is 0 Å². The zero-order valence-corrected chi connectivity index (χ0v) is 12.1. The minimum atomic E-state index is 0.107. The fourth-order valence-corrected chi connectivity index (χ4v) is 5.14. The molecule has 1 unspecified atom stereocenters. The number of hydrogen-bond acceptors (Lipinski definition) is 2. The van der Waals surface area contributed by atoms with Gasteiger partial charge < -0.3 is 4.74 Å². The predicted octanol–water partition coefficient (Wildman–Crippen LogP) is 3.65. The summed E-state index contributed by atoms with van der Waals surface area (Å²) in [5, 5.41) is 0. The first kappa shape index (κ1) is 12.5. The fourth-order valence-electron chi connectivity index (χ4n) is 5.14. The maximum absolute atomic E-state index is 12.3. The van der Waals surface area contributed by atoms with Gasteiger partial charge in [-0.05, 0) is 54.8 Å². The van der Waals surface area contributed by atoms with Crippen LogP contribution in [0.5, 0.6) is 0 Å². The molecule has 3 rings (SSSR count). The summed E-state index contributed by atoms with van der Waals surface area (Å²) in [5.74, 6) is 3.00. The molecule has 3 fully saturated rings. The number of carbonyl (C=O) groups is 1. The molecular weight excluding hydrogens is 224 g/mol. The van der Waals surface area contributed by atoms with Crippen LogP contribution in [0, 0.1) is 35.0 Å². The Kier molecular flexibility index (Phi) is 2.76. The highest BCUT2D eigenvalue weighted by atomic mass is 16.5. The third-order valence-corrected chi connectivity index (χ3v) is 6.29. The van der Waals surface area contributed by atoms with Gasteiger partial charge in [-0.1, -0.05) is 27.7 Å². The van der Waals surface area contributed by atoms with Crippen molar-refractivity contribution in [3.8, 4) is 0 Å². The first-order chi connectivity index (χ1) is 8.43. The minimum Gasteiger partial charge on any atom is -0.462 e. The molecule has 1 aliphatic heterocycles. The lowest BCUT2D eigenvalue weighted by atomic mass is 9.48. The first-order valence-corrected chi connectivity index (χ1v) is 7.64. The van der Waals surface area contributed by atoms with E-state index in [1.807, 2.05) is 0 Å². The summed E-state index contributed by atoms with van der Waals surface area (Å²) in [7, 11) is 0. The zero-order valence-electron chi connectivity index (χ0n) is 12.1. The van der Waals surface area contributed by atoms with Crippen LogP contribution in [0.4, 0.5) is 0 Å². The molecule has 2 aliphatic carbocycles. The Labute approximate surface area is 110 Å². The van der Waals surface area contributed by atoms with Crippen molar-refractivity contribution in [2.24, 2.45) is 35.0 Å². The Bertz CT molecular complexity index is 362. The zero-order chi connectivity index (χ0) is 13.1. The van der Waals surface area contributed by atoms with E-state index in [0.717, 1.165) is 24.7 Å². The summed E-state index contributed by atoms with van der Waals surface area (Å²) >= 11 is 0. The molecular formula is C16H26O2. The molecule has 0 aromatic rings. The summed E-state index contributed by atoms with van der Waals surface area (Å²) in [6, 6.07) is 0. The molecule has 18 heavy (non-hydrogen) atoms. The summed E-state index contributed by atoms with van der Waals surface area (Å²) in [6.45, 7) is 9.31. The lowest BCUT2D eigenvalue weighted by Gasteiger charge is -2.59. The van der Waals surface area contributed by atoms with Gasteiger partial charge in [0.1, 0.15) is 6.10 Å². The lowest BCUT2D eigenvalue weighted by Crippen LogP contribution is -2.59. The van der Waals surface area contributed by atoms with Gasteiger partial charge in [0.15, 0.2) is 0 Å². The summed E-state index contributed by atoms with van der Waals surface area (Å²) < 4.78 is 5.78. The van der Waals surface area contributed by atoms with E-state index in [4.69, 9.17) is 4.74 Å². The van der Waals surface area contributed by atoms with Crippen LogP contribution in [0.3, 0.4) is 0 Å². The van der Waals surface area contributed by atoms with Crippen LogP contribution in [0.15, 0.2) is 0 Å². The van der Waals surface area contributed by atoms with E-state index < -0.39 is 0 Å². The third kappa shape index (κ3) is 1.57. The molecule has 0 N–H and O–H groups in total. The van der Waals surface area contributed by atoms with Crippen molar-refractivity contribution in [2.75, 3.05) is 0 Å². The first-order valence-electron chi connectivity index (χ1n) is 7.64. The van der Waals surface area contributed by atoms with Crippen LogP contribution < -0.4 is 0 Å². The van der Waals surface area contributed by atoms with E-state index in [-0.39, 0.29) is 23.4 Å². The van der Waals surface area contributed by atoms with Gasteiger partial charge in [-0.15, -0.1) is 0 Å². The van der Waals surface area contributed by atoms with Gasteiger partial charge in [-0.2, -0.15) is 0 Å². The molecule has 1 saturated heterocycles. The molecule has 102 valence electrons. The third-order valence-electron chi connectivity index (χ3n) is 6.29. The van der Waals surface area contributed by atoms with Gasteiger partial charge in [-0.25, -0.2) is 0 Å². The van der Waals surface area contributed by atoms with E-state index in [2.05, 4.69) is 27.7 Å². The highest BCUT2D eigenvalue weighted by Gasteiger charge is 2.59. The van der Waals surface area contributed by atoms with Crippen molar-refractivity contribution in [2.45, 2.75) is 59.5 Å². The molecule has 2 bridgehead atoms. The minimum absolute atomic E-state index is 0.107. The molecule has 1 heterocycles. The molecule has 2 nitrogen and oxygen atoms in total. The van der Waals surface area contributed by atoms with Gasteiger partial charge >= 0.3 is 5.97 Å². The number of esters is 1. The van der Waals surface area contributed by atoms with Crippen LogP contribution >= 0.6 is 0 Å². The maximum Gasteiger partial charge on any atom is 0.309 e. The number of fused-ring (bicyclic) bond motifs is 1.